The molecule has 2 amide bonds. The normalized spacial score (nSPS) is 14.4. The molecular formula is C18H37N5O4. The van der Waals surface area contributed by atoms with Crippen LogP contribution in [0.4, 0.5) is 0 Å². The lowest BCUT2D eigenvalue weighted by atomic mass is 10.0. The average molecular weight is 388 g/mol. The molecule has 3 atom stereocenters. The van der Waals surface area contributed by atoms with Crippen LogP contribution in [0, 0.1) is 5.92 Å². The molecule has 9 heteroatoms. The van der Waals surface area contributed by atoms with E-state index in [0.717, 1.165) is 12.8 Å². The summed E-state index contributed by atoms with van der Waals surface area (Å²) in [6.45, 7) is 4.84. The van der Waals surface area contributed by atoms with E-state index in [0.29, 0.717) is 45.2 Å². The molecule has 0 bridgehead atoms. The van der Waals surface area contributed by atoms with Crippen LogP contribution in [-0.4, -0.2) is 54.1 Å². The second-order valence-corrected chi connectivity index (χ2v) is 7.27. The van der Waals surface area contributed by atoms with Crippen LogP contribution in [0.2, 0.25) is 0 Å². The number of aliphatic carboxylic acids is 1. The van der Waals surface area contributed by atoms with E-state index < -0.39 is 35.9 Å². The Hall–Kier alpha value is -1.71. The maximum Gasteiger partial charge on any atom is 0.326 e. The molecule has 0 radical (unpaired) electrons. The van der Waals surface area contributed by atoms with Crippen molar-refractivity contribution in [1.29, 1.82) is 0 Å². The molecule has 0 aromatic heterocycles. The third kappa shape index (κ3) is 11.6. The highest BCUT2D eigenvalue weighted by Crippen LogP contribution is 2.08. The largest absolute Gasteiger partial charge is 0.480 e. The first-order chi connectivity index (χ1) is 12.7. The topological polar surface area (TPSA) is 174 Å². The molecule has 158 valence electrons. The predicted octanol–water partition coefficient (Wildman–Crippen LogP) is -0.328. The van der Waals surface area contributed by atoms with Crippen molar-refractivity contribution in [2.45, 2.75) is 76.9 Å². The summed E-state index contributed by atoms with van der Waals surface area (Å²) in [6, 6.07) is -2.55. The molecule has 0 aliphatic rings. The van der Waals surface area contributed by atoms with Gasteiger partial charge in [0.25, 0.3) is 0 Å². The summed E-state index contributed by atoms with van der Waals surface area (Å²) in [6.07, 6.45) is 3.95. The summed E-state index contributed by atoms with van der Waals surface area (Å²) in [5.41, 5.74) is 16.7. The van der Waals surface area contributed by atoms with Gasteiger partial charge in [0.2, 0.25) is 11.8 Å². The van der Waals surface area contributed by atoms with Crippen LogP contribution >= 0.6 is 0 Å². The molecule has 0 heterocycles. The Morgan fingerprint density at radius 2 is 1.37 bits per heavy atom. The van der Waals surface area contributed by atoms with Gasteiger partial charge in [-0.2, -0.15) is 0 Å². The Bertz CT molecular complexity index is 459. The highest BCUT2D eigenvalue weighted by molar-refractivity contribution is 5.91. The van der Waals surface area contributed by atoms with Gasteiger partial charge in [-0.3, -0.25) is 9.59 Å². The number of nitrogens with two attached hydrogens (primary N) is 3. The summed E-state index contributed by atoms with van der Waals surface area (Å²) < 4.78 is 0. The molecule has 9 nitrogen and oxygen atoms in total. The van der Waals surface area contributed by atoms with Gasteiger partial charge in [0.15, 0.2) is 0 Å². The molecular weight excluding hydrogens is 350 g/mol. The van der Waals surface area contributed by atoms with Crippen molar-refractivity contribution in [3.8, 4) is 0 Å². The molecule has 0 spiro atoms. The number of nitrogens with one attached hydrogen (secondary N) is 2. The van der Waals surface area contributed by atoms with Crippen molar-refractivity contribution in [3.63, 3.8) is 0 Å². The molecule has 9 N–H and O–H groups in total. The van der Waals surface area contributed by atoms with Crippen molar-refractivity contribution in [2.24, 2.45) is 23.1 Å². The van der Waals surface area contributed by atoms with E-state index >= 15 is 0 Å². The lowest BCUT2D eigenvalue weighted by Gasteiger charge is -2.24. The molecule has 0 unspecified atom stereocenters. The zero-order valence-corrected chi connectivity index (χ0v) is 16.6. The number of carbonyl (C=O) groups is 3. The standard InChI is InChI=1S/C18H37N5O4/c1-12(2)11-15(23-16(24)13(21)7-3-5-9-19)17(25)22-14(18(26)27)8-4-6-10-20/h12-15H,3-11,19-21H2,1-2H3,(H,22,25)(H,23,24)(H,26,27)/t13-,14-,15-/m0/s1. The molecule has 0 saturated carbocycles. The fourth-order valence-electron chi connectivity index (χ4n) is 2.64. The van der Waals surface area contributed by atoms with Crippen LogP contribution in [0.1, 0.15) is 58.8 Å². The Morgan fingerprint density at radius 3 is 1.85 bits per heavy atom. The minimum Gasteiger partial charge on any atom is -0.480 e. The number of amides is 2. The SMILES string of the molecule is CC(C)C[C@H](NC(=O)[C@@H](N)CCCCN)C(=O)N[C@@H](CCCCN)C(=O)O. The first-order valence-corrected chi connectivity index (χ1v) is 9.72. The number of unbranched alkanes of at least 4 members (excludes halogenated alkanes) is 2. The van der Waals surface area contributed by atoms with E-state index in [-0.39, 0.29) is 5.92 Å². The zero-order valence-electron chi connectivity index (χ0n) is 16.6. The molecule has 0 aromatic carbocycles. The number of hydrogen-bond donors (Lipinski definition) is 6. The van der Waals surface area contributed by atoms with Gasteiger partial charge in [0, 0.05) is 0 Å². The number of hydrogen-bond acceptors (Lipinski definition) is 6. The fraction of sp³-hybridized carbons (Fsp3) is 0.833. The van der Waals surface area contributed by atoms with Gasteiger partial charge in [0.05, 0.1) is 6.04 Å². The van der Waals surface area contributed by atoms with Gasteiger partial charge in [-0.05, 0) is 57.5 Å². The zero-order chi connectivity index (χ0) is 20.8. The highest BCUT2D eigenvalue weighted by atomic mass is 16.4. The van der Waals surface area contributed by atoms with E-state index in [1.54, 1.807) is 0 Å². The van der Waals surface area contributed by atoms with Crippen LogP contribution in [0.15, 0.2) is 0 Å². The summed E-state index contributed by atoms with van der Waals surface area (Å²) >= 11 is 0. The van der Waals surface area contributed by atoms with Gasteiger partial charge >= 0.3 is 5.97 Å². The first-order valence-electron chi connectivity index (χ1n) is 9.72. The van der Waals surface area contributed by atoms with Gasteiger partial charge in [0.1, 0.15) is 12.1 Å². The minimum atomic E-state index is -1.10. The second-order valence-electron chi connectivity index (χ2n) is 7.27. The maximum absolute atomic E-state index is 12.6. The molecule has 0 saturated heterocycles. The predicted molar refractivity (Wildman–Crippen MR) is 105 cm³/mol. The van der Waals surface area contributed by atoms with Crippen molar-refractivity contribution in [1.82, 2.24) is 10.6 Å². The van der Waals surface area contributed by atoms with Crippen molar-refractivity contribution < 1.29 is 19.5 Å². The quantitative estimate of drug-likeness (QED) is 0.209. The van der Waals surface area contributed by atoms with Gasteiger partial charge in [-0.1, -0.05) is 20.3 Å². The van der Waals surface area contributed by atoms with Gasteiger partial charge < -0.3 is 32.9 Å². The van der Waals surface area contributed by atoms with E-state index in [1.165, 1.54) is 0 Å². The highest BCUT2D eigenvalue weighted by Gasteiger charge is 2.28. The van der Waals surface area contributed by atoms with Crippen LogP contribution in [0.5, 0.6) is 0 Å². The Kier molecular flexibility index (Phi) is 13.5. The molecule has 0 aliphatic carbocycles. The Labute approximate surface area is 161 Å². The fourth-order valence-corrected chi connectivity index (χ4v) is 2.64. The van der Waals surface area contributed by atoms with E-state index in [1.807, 2.05) is 13.8 Å². The monoisotopic (exact) mass is 387 g/mol. The number of carboxylic acid groups (broad SMARTS) is 1. The van der Waals surface area contributed by atoms with Crippen molar-refractivity contribution in [2.75, 3.05) is 13.1 Å². The van der Waals surface area contributed by atoms with Crippen molar-refractivity contribution >= 4 is 17.8 Å². The summed E-state index contributed by atoms with van der Waals surface area (Å²) in [7, 11) is 0. The second kappa shape index (κ2) is 14.4. The molecule has 27 heavy (non-hydrogen) atoms. The van der Waals surface area contributed by atoms with Crippen LogP contribution < -0.4 is 27.8 Å². The average Bonchev–Trinajstić information content (AvgIpc) is 2.59. The Balaban J connectivity index is 4.86. The van der Waals surface area contributed by atoms with Crippen LogP contribution in [0.3, 0.4) is 0 Å². The number of carboxylic acids is 1. The third-order valence-electron chi connectivity index (χ3n) is 4.21. The molecule has 0 aromatic rings. The molecule has 0 rings (SSSR count). The molecule has 0 aliphatic heterocycles. The van der Waals surface area contributed by atoms with E-state index in [4.69, 9.17) is 17.2 Å². The summed E-state index contributed by atoms with van der Waals surface area (Å²) in [5, 5.41) is 14.5. The van der Waals surface area contributed by atoms with Crippen molar-refractivity contribution in [3.05, 3.63) is 0 Å². The lowest BCUT2D eigenvalue weighted by molar-refractivity contribution is -0.142. The van der Waals surface area contributed by atoms with E-state index in [2.05, 4.69) is 10.6 Å². The van der Waals surface area contributed by atoms with Crippen LogP contribution in [-0.2, 0) is 14.4 Å². The molecule has 0 fully saturated rings. The van der Waals surface area contributed by atoms with Gasteiger partial charge in [-0.15, -0.1) is 0 Å². The van der Waals surface area contributed by atoms with Gasteiger partial charge in [-0.25, -0.2) is 4.79 Å². The minimum absolute atomic E-state index is 0.134. The summed E-state index contributed by atoms with van der Waals surface area (Å²) in [4.78, 5) is 36.2. The van der Waals surface area contributed by atoms with Crippen LogP contribution in [0.25, 0.3) is 0 Å². The smallest absolute Gasteiger partial charge is 0.326 e. The first kappa shape index (κ1) is 25.3. The lowest BCUT2D eigenvalue weighted by Crippen LogP contribution is -2.54. The van der Waals surface area contributed by atoms with E-state index in [9.17, 15) is 19.5 Å². The third-order valence-corrected chi connectivity index (χ3v) is 4.21. The number of rotatable bonds is 15. The number of carbonyl (C=O) groups excluding carboxylic acids is 2. The Morgan fingerprint density at radius 1 is 0.852 bits per heavy atom. The summed E-state index contributed by atoms with van der Waals surface area (Å²) in [5.74, 6) is -1.89. The maximum atomic E-state index is 12.6.